The number of hydrogen-bond donors (Lipinski definition) is 0. The molecule has 0 radical (unpaired) electrons. The van der Waals surface area contributed by atoms with Crippen molar-refractivity contribution >= 4 is 23.5 Å². The number of rotatable bonds is 7. The number of hydrogen-bond acceptors (Lipinski definition) is 4. The highest BCUT2D eigenvalue weighted by atomic mass is 16.5. The van der Waals surface area contributed by atoms with E-state index in [9.17, 15) is 4.79 Å². The quantitative estimate of drug-likeness (QED) is 0.494. The van der Waals surface area contributed by atoms with Crippen LogP contribution < -0.4 is 14.4 Å². The fourth-order valence-corrected chi connectivity index (χ4v) is 3.43. The Hall–Kier alpha value is -3.86. The number of carbonyl (C=O) groups is 1. The lowest BCUT2D eigenvalue weighted by molar-refractivity contribution is -0.113. The van der Waals surface area contributed by atoms with E-state index in [1.165, 1.54) is 0 Å². The lowest BCUT2D eigenvalue weighted by Crippen LogP contribution is -2.32. The molecule has 0 aliphatic carbocycles. The average molecular weight is 412 g/mol. The highest BCUT2D eigenvalue weighted by Gasteiger charge is 2.32. The van der Waals surface area contributed by atoms with E-state index in [1.807, 2.05) is 92.7 Å². The predicted octanol–water partition coefficient (Wildman–Crippen LogP) is 5.32. The third-order valence-electron chi connectivity index (χ3n) is 4.78. The summed E-state index contributed by atoms with van der Waals surface area (Å²) in [5.74, 6) is 1.77. The number of aliphatic imine (C=N–C) groups is 1. The first kappa shape index (κ1) is 20.4. The zero-order valence-electron chi connectivity index (χ0n) is 17.6. The van der Waals surface area contributed by atoms with E-state index in [2.05, 4.69) is 0 Å². The van der Waals surface area contributed by atoms with Gasteiger partial charge in [-0.15, -0.1) is 0 Å². The standard InChI is InChI=1S/C26H24N2O3/c1-3-30-23-16-15-19(18-24(23)31-4-2)17-22-26(29)28(21-13-9-6-10-14-21)25(27-22)20-11-7-5-8-12-20/h5-18H,3-4H2,1-2H3/b22-17+. The van der Waals surface area contributed by atoms with Gasteiger partial charge in [0.2, 0.25) is 0 Å². The summed E-state index contributed by atoms with van der Waals surface area (Å²) in [7, 11) is 0. The first-order valence-electron chi connectivity index (χ1n) is 10.4. The summed E-state index contributed by atoms with van der Waals surface area (Å²) >= 11 is 0. The van der Waals surface area contributed by atoms with Gasteiger partial charge >= 0.3 is 0 Å². The maximum absolute atomic E-state index is 13.4. The molecule has 31 heavy (non-hydrogen) atoms. The van der Waals surface area contributed by atoms with Gasteiger partial charge in [0.15, 0.2) is 11.5 Å². The molecular weight excluding hydrogens is 388 g/mol. The van der Waals surface area contributed by atoms with Gasteiger partial charge in [0, 0.05) is 5.56 Å². The van der Waals surface area contributed by atoms with Crippen LogP contribution in [-0.4, -0.2) is 25.0 Å². The van der Waals surface area contributed by atoms with Gasteiger partial charge < -0.3 is 9.47 Å². The molecule has 5 nitrogen and oxygen atoms in total. The summed E-state index contributed by atoms with van der Waals surface area (Å²) in [5, 5.41) is 0. The molecule has 1 amide bonds. The van der Waals surface area contributed by atoms with Crippen molar-refractivity contribution in [2.24, 2.45) is 4.99 Å². The SMILES string of the molecule is CCOc1ccc(/C=C2/N=C(c3ccccc3)N(c3ccccc3)C2=O)cc1OCC. The molecule has 0 unspecified atom stereocenters. The number of amidine groups is 1. The molecular formula is C26H24N2O3. The number of anilines is 1. The van der Waals surface area contributed by atoms with Crippen LogP contribution in [0.4, 0.5) is 5.69 Å². The summed E-state index contributed by atoms with van der Waals surface area (Å²) in [6.07, 6.45) is 1.78. The van der Waals surface area contributed by atoms with Crippen LogP contribution in [0.15, 0.2) is 89.6 Å². The Kier molecular flexibility index (Phi) is 6.13. The van der Waals surface area contributed by atoms with E-state index in [0.29, 0.717) is 36.2 Å². The molecule has 3 aromatic carbocycles. The lowest BCUT2D eigenvalue weighted by Gasteiger charge is -2.18. The first-order valence-corrected chi connectivity index (χ1v) is 10.4. The third kappa shape index (κ3) is 4.36. The van der Waals surface area contributed by atoms with Crippen LogP contribution >= 0.6 is 0 Å². The second kappa shape index (κ2) is 9.30. The van der Waals surface area contributed by atoms with Crippen molar-refractivity contribution in [3.63, 3.8) is 0 Å². The van der Waals surface area contributed by atoms with Gasteiger partial charge in [-0.1, -0.05) is 54.6 Å². The van der Waals surface area contributed by atoms with Gasteiger partial charge in [0.25, 0.3) is 5.91 Å². The van der Waals surface area contributed by atoms with Crippen LogP contribution in [0, 0.1) is 0 Å². The van der Waals surface area contributed by atoms with Crippen LogP contribution in [-0.2, 0) is 4.79 Å². The van der Waals surface area contributed by atoms with Crippen LogP contribution in [0.5, 0.6) is 11.5 Å². The lowest BCUT2D eigenvalue weighted by atomic mass is 10.1. The number of benzene rings is 3. The fourth-order valence-electron chi connectivity index (χ4n) is 3.43. The van der Waals surface area contributed by atoms with E-state index in [4.69, 9.17) is 14.5 Å². The first-order chi connectivity index (χ1) is 15.2. The second-order valence-electron chi connectivity index (χ2n) is 6.88. The highest BCUT2D eigenvalue weighted by Crippen LogP contribution is 2.31. The highest BCUT2D eigenvalue weighted by molar-refractivity contribution is 6.33. The molecule has 0 saturated carbocycles. The maximum atomic E-state index is 13.4. The molecule has 0 fully saturated rings. The molecule has 0 spiro atoms. The molecule has 0 atom stereocenters. The largest absolute Gasteiger partial charge is 0.490 e. The average Bonchev–Trinajstić information content (AvgIpc) is 3.13. The van der Waals surface area contributed by atoms with Crippen molar-refractivity contribution in [3.05, 3.63) is 95.7 Å². The molecule has 5 heteroatoms. The van der Waals surface area contributed by atoms with Crippen LogP contribution in [0.3, 0.4) is 0 Å². The van der Waals surface area contributed by atoms with Gasteiger partial charge in [-0.3, -0.25) is 9.69 Å². The zero-order valence-corrected chi connectivity index (χ0v) is 17.6. The Morgan fingerprint density at radius 3 is 2.16 bits per heavy atom. The Bertz CT molecular complexity index is 1120. The van der Waals surface area contributed by atoms with Crippen molar-refractivity contribution in [3.8, 4) is 11.5 Å². The Balaban J connectivity index is 1.76. The van der Waals surface area contributed by atoms with Gasteiger partial charge in [-0.05, 0) is 49.8 Å². The molecule has 0 saturated heterocycles. The normalized spacial score (nSPS) is 14.6. The molecule has 1 heterocycles. The minimum absolute atomic E-state index is 0.170. The van der Waals surface area contributed by atoms with Gasteiger partial charge in [0.05, 0.1) is 18.9 Å². The maximum Gasteiger partial charge on any atom is 0.282 e. The Labute approximate surface area is 182 Å². The summed E-state index contributed by atoms with van der Waals surface area (Å²) in [4.78, 5) is 19.7. The summed E-state index contributed by atoms with van der Waals surface area (Å²) in [6.45, 7) is 4.93. The van der Waals surface area contributed by atoms with E-state index in [1.54, 1.807) is 11.0 Å². The fraction of sp³-hybridized carbons (Fsp3) is 0.154. The topological polar surface area (TPSA) is 51.1 Å². The van der Waals surface area contributed by atoms with E-state index in [-0.39, 0.29) is 5.91 Å². The van der Waals surface area contributed by atoms with Crippen LogP contribution in [0.1, 0.15) is 25.0 Å². The molecule has 0 N–H and O–H groups in total. The number of amides is 1. The smallest absolute Gasteiger partial charge is 0.282 e. The predicted molar refractivity (Wildman–Crippen MR) is 124 cm³/mol. The molecule has 1 aliphatic heterocycles. The number of carbonyl (C=O) groups excluding carboxylic acids is 1. The summed E-state index contributed by atoms with van der Waals surface area (Å²) < 4.78 is 11.4. The molecule has 0 aromatic heterocycles. The number of ether oxygens (including phenoxy) is 2. The van der Waals surface area contributed by atoms with Crippen molar-refractivity contribution in [1.82, 2.24) is 0 Å². The monoisotopic (exact) mass is 412 g/mol. The molecule has 4 rings (SSSR count). The Morgan fingerprint density at radius 1 is 0.839 bits per heavy atom. The molecule has 1 aliphatic rings. The molecule has 0 bridgehead atoms. The van der Waals surface area contributed by atoms with Gasteiger partial charge in [-0.25, -0.2) is 4.99 Å². The van der Waals surface area contributed by atoms with Crippen LogP contribution in [0.25, 0.3) is 6.08 Å². The van der Waals surface area contributed by atoms with E-state index in [0.717, 1.165) is 16.8 Å². The van der Waals surface area contributed by atoms with Crippen molar-refractivity contribution in [2.45, 2.75) is 13.8 Å². The van der Waals surface area contributed by atoms with Crippen molar-refractivity contribution in [2.75, 3.05) is 18.1 Å². The number of nitrogens with zero attached hydrogens (tertiary/aromatic N) is 2. The zero-order chi connectivity index (χ0) is 21.6. The Morgan fingerprint density at radius 2 is 1.48 bits per heavy atom. The van der Waals surface area contributed by atoms with Crippen molar-refractivity contribution in [1.29, 1.82) is 0 Å². The minimum atomic E-state index is -0.170. The summed E-state index contributed by atoms with van der Waals surface area (Å²) in [6, 6.07) is 24.9. The summed E-state index contributed by atoms with van der Waals surface area (Å²) in [5.41, 5.74) is 2.85. The van der Waals surface area contributed by atoms with Gasteiger partial charge in [0.1, 0.15) is 11.5 Å². The van der Waals surface area contributed by atoms with Crippen molar-refractivity contribution < 1.29 is 14.3 Å². The van der Waals surface area contributed by atoms with Gasteiger partial charge in [-0.2, -0.15) is 0 Å². The van der Waals surface area contributed by atoms with E-state index >= 15 is 0 Å². The van der Waals surface area contributed by atoms with Crippen LogP contribution in [0.2, 0.25) is 0 Å². The second-order valence-corrected chi connectivity index (χ2v) is 6.88. The minimum Gasteiger partial charge on any atom is -0.490 e. The molecule has 3 aromatic rings. The van der Waals surface area contributed by atoms with E-state index < -0.39 is 0 Å². The number of para-hydroxylation sites is 1. The molecule has 156 valence electrons. The third-order valence-corrected chi connectivity index (χ3v) is 4.78.